The van der Waals surface area contributed by atoms with E-state index in [2.05, 4.69) is 10.1 Å². The molecule has 76 valence electrons. The lowest BCUT2D eigenvalue weighted by molar-refractivity contribution is -0.144. The molecule has 0 saturated heterocycles. The summed E-state index contributed by atoms with van der Waals surface area (Å²) in [6, 6.07) is 0. The molecule has 13 heavy (non-hydrogen) atoms. The van der Waals surface area contributed by atoms with Crippen molar-refractivity contribution in [2.75, 3.05) is 25.7 Å². The number of rotatable bonds is 5. The Labute approximate surface area is 82.4 Å². The highest BCUT2D eigenvalue weighted by molar-refractivity contribution is 7.99. The Morgan fingerprint density at radius 2 is 2.15 bits per heavy atom. The van der Waals surface area contributed by atoms with Crippen molar-refractivity contribution in [3.63, 3.8) is 0 Å². The molecule has 0 heterocycles. The first-order valence-corrected chi connectivity index (χ1v) is 5.13. The summed E-state index contributed by atoms with van der Waals surface area (Å²) in [6.45, 7) is 1.78. The van der Waals surface area contributed by atoms with Gasteiger partial charge in [-0.1, -0.05) is 6.92 Å². The number of carbonyl (C=O) groups is 2. The van der Waals surface area contributed by atoms with Crippen molar-refractivity contribution in [1.82, 2.24) is 5.32 Å². The van der Waals surface area contributed by atoms with Gasteiger partial charge in [0.1, 0.15) is 0 Å². The van der Waals surface area contributed by atoms with Gasteiger partial charge in [-0.05, 0) is 0 Å². The molecule has 0 aliphatic carbocycles. The summed E-state index contributed by atoms with van der Waals surface area (Å²) in [6.07, 6.45) is 0. The summed E-state index contributed by atoms with van der Waals surface area (Å²) in [5, 5.41) is 2.51. The van der Waals surface area contributed by atoms with E-state index in [1.165, 1.54) is 18.9 Å². The zero-order valence-corrected chi connectivity index (χ0v) is 8.94. The standard InChI is InChI=1S/C8H15NO3S/c1-6(8(11)12-3)4-13-5-7(10)9-2/h6H,4-5H2,1-3H3,(H,9,10). The third-order valence-corrected chi connectivity index (χ3v) is 2.69. The topological polar surface area (TPSA) is 55.4 Å². The molecule has 0 aliphatic heterocycles. The minimum absolute atomic E-state index is 0.0259. The van der Waals surface area contributed by atoms with Crippen LogP contribution in [-0.4, -0.2) is 37.5 Å². The van der Waals surface area contributed by atoms with Gasteiger partial charge in [-0.15, -0.1) is 0 Å². The summed E-state index contributed by atoms with van der Waals surface area (Å²) in [5.41, 5.74) is 0. The van der Waals surface area contributed by atoms with Crippen LogP contribution < -0.4 is 5.32 Å². The molecule has 1 unspecified atom stereocenters. The van der Waals surface area contributed by atoms with E-state index in [-0.39, 0.29) is 17.8 Å². The summed E-state index contributed by atoms with van der Waals surface area (Å²) in [4.78, 5) is 21.7. The quantitative estimate of drug-likeness (QED) is 0.655. The Hall–Kier alpha value is -0.710. The zero-order chi connectivity index (χ0) is 10.3. The molecule has 1 amide bonds. The van der Waals surface area contributed by atoms with E-state index in [0.29, 0.717) is 11.5 Å². The molecule has 0 bridgehead atoms. The van der Waals surface area contributed by atoms with E-state index in [0.717, 1.165) is 0 Å². The van der Waals surface area contributed by atoms with Crippen LogP contribution in [0.2, 0.25) is 0 Å². The van der Waals surface area contributed by atoms with Crippen molar-refractivity contribution >= 4 is 23.6 Å². The molecule has 0 aromatic carbocycles. The Kier molecular flexibility index (Phi) is 6.40. The fourth-order valence-corrected chi connectivity index (χ4v) is 1.61. The van der Waals surface area contributed by atoms with Crippen LogP contribution in [0, 0.1) is 5.92 Å². The van der Waals surface area contributed by atoms with Gasteiger partial charge in [0.15, 0.2) is 0 Å². The molecule has 4 nitrogen and oxygen atoms in total. The van der Waals surface area contributed by atoms with Crippen molar-refractivity contribution in [2.24, 2.45) is 5.92 Å². The molecule has 0 aromatic heterocycles. The molecule has 0 radical (unpaired) electrons. The number of nitrogens with one attached hydrogen (secondary N) is 1. The summed E-state index contributed by atoms with van der Waals surface area (Å²) < 4.78 is 4.54. The van der Waals surface area contributed by atoms with Crippen molar-refractivity contribution in [3.8, 4) is 0 Å². The van der Waals surface area contributed by atoms with Crippen molar-refractivity contribution in [3.05, 3.63) is 0 Å². The lowest BCUT2D eigenvalue weighted by atomic mass is 10.2. The molecular weight excluding hydrogens is 190 g/mol. The van der Waals surface area contributed by atoms with Crippen molar-refractivity contribution in [2.45, 2.75) is 6.92 Å². The van der Waals surface area contributed by atoms with Crippen LogP contribution in [0.25, 0.3) is 0 Å². The molecule has 5 heteroatoms. The molecule has 0 aromatic rings. The molecular formula is C8H15NO3S. The SMILES string of the molecule is CNC(=O)CSCC(C)C(=O)OC. The minimum atomic E-state index is -0.232. The van der Waals surface area contributed by atoms with Crippen LogP contribution in [0.5, 0.6) is 0 Å². The van der Waals surface area contributed by atoms with Gasteiger partial charge in [0, 0.05) is 12.8 Å². The number of ether oxygens (including phenoxy) is 1. The maximum Gasteiger partial charge on any atom is 0.309 e. The first-order valence-electron chi connectivity index (χ1n) is 3.98. The number of methoxy groups -OCH3 is 1. The van der Waals surface area contributed by atoms with Gasteiger partial charge >= 0.3 is 5.97 Å². The third kappa shape index (κ3) is 5.52. The fraction of sp³-hybridized carbons (Fsp3) is 0.750. The van der Waals surface area contributed by atoms with Gasteiger partial charge in [-0.2, -0.15) is 11.8 Å². The lowest BCUT2D eigenvalue weighted by Crippen LogP contribution is -2.21. The minimum Gasteiger partial charge on any atom is -0.469 e. The molecule has 1 N–H and O–H groups in total. The number of amides is 1. The van der Waals surface area contributed by atoms with Crippen LogP contribution in [0.15, 0.2) is 0 Å². The van der Waals surface area contributed by atoms with Crippen LogP contribution in [0.3, 0.4) is 0 Å². The Morgan fingerprint density at radius 1 is 1.54 bits per heavy atom. The lowest BCUT2D eigenvalue weighted by Gasteiger charge is -2.07. The molecule has 0 fully saturated rings. The van der Waals surface area contributed by atoms with Gasteiger partial charge in [0.05, 0.1) is 18.8 Å². The highest BCUT2D eigenvalue weighted by atomic mass is 32.2. The summed E-state index contributed by atoms with van der Waals surface area (Å²) in [5.74, 6) is 0.587. The smallest absolute Gasteiger partial charge is 0.309 e. The van der Waals surface area contributed by atoms with E-state index in [1.807, 2.05) is 0 Å². The zero-order valence-electron chi connectivity index (χ0n) is 8.12. The number of carbonyl (C=O) groups excluding carboxylic acids is 2. The first-order chi connectivity index (χ1) is 6.11. The summed E-state index contributed by atoms with van der Waals surface area (Å²) in [7, 11) is 2.95. The Bertz CT molecular complexity index is 184. The summed E-state index contributed by atoms with van der Waals surface area (Å²) >= 11 is 1.42. The normalized spacial score (nSPS) is 11.9. The fourth-order valence-electron chi connectivity index (χ4n) is 0.670. The monoisotopic (exact) mass is 205 g/mol. The number of hydrogen-bond donors (Lipinski definition) is 1. The van der Waals surface area contributed by atoms with Gasteiger partial charge < -0.3 is 10.1 Å². The first kappa shape index (κ1) is 12.3. The van der Waals surface area contributed by atoms with Gasteiger partial charge in [0.25, 0.3) is 0 Å². The third-order valence-electron chi connectivity index (χ3n) is 1.48. The van der Waals surface area contributed by atoms with E-state index < -0.39 is 0 Å². The number of hydrogen-bond acceptors (Lipinski definition) is 4. The molecule has 0 rings (SSSR count). The highest BCUT2D eigenvalue weighted by Gasteiger charge is 2.13. The second-order valence-corrected chi connectivity index (χ2v) is 3.64. The predicted molar refractivity (Wildman–Crippen MR) is 52.6 cm³/mol. The molecule has 1 atom stereocenters. The Morgan fingerprint density at radius 3 is 2.62 bits per heavy atom. The maximum absolute atomic E-state index is 10.9. The average molecular weight is 205 g/mol. The van der Waals surface area contributed by atoms with Gasteiger partial charge in [0.2, 0.25) is 5.91 Å². The van der Waals surface area contributed by atoms with E-state index in [1.54, 1.807) is 14.0 Å². The largest absolute Gasteiger partial charge is 0.469 e. The highest BCUT2D eigenvalue weighted by Crippen LogP contribution is 2.08. The van der Waals surface area contributed by atoms with Crippen LogP contribution in [0.1, 0.15) is 6.92 Å². The predicted octanol–water partition coefficient (Wildman–Crippen LogP) is 0.275. The van der Waals surface area contributed by atoms with E-state index in [4.69, 9.17) is 0 Å². The molecule has 0 saturated carbocycles. The molecule has 0 aliphatic rings. The second-order valence-electron chi connectivity index (χ2n) is 2.61. The second kappa shape index (κ2) is 6.77. The Balaban J connectivity index is 3.53. The van der Waals surface area contributed by atoms with Gasteiger partial charge in [-0.25, -0.2) is 0 Å². The molecule has 0 spiro atoms. The van der Waals surface area contributed by atoms with Crippen LogP contribution >= 0.6 is 11.8 Å². The number of thioether (sulfide) groups is 1. The van der Waals surface area contributed by atoms with Crippen molar-refractivity contribution in [1.29, 1.82) is 0 Å². The van der Waals surface area contributed by atoms with E-state index in [9.17, 15) is 9.59 Å². The average Bonchev–Trinajstić information content (AvgIpc) is 2.15. The number of esters is 1. The van der Waals surface area contributed by atoms with Crippen LogP contribution in [-0.2, 0) is 14.3 Å². The van der Waals surface area contributed by atoms with Crippen molar-refractivity contribution < 1.29 is 14.3 Å². The van der Waals surface area contributed by atoms with Gasteiger partial charge in [-0.3, -0.25) is 9.59 Å². The van der Waals surface area contributed by atoms with Crippen LogP contribution in [0.4, 0.5) is 0 Å². The maximum atomic E-state index is 10.9. The van der Waals surface area contributed by atoms with E-state index >= 15 is 0 Å².